The van der Waals surface area contributed by atoms with Crippen LogP contribution in [0.15, 0.2) is 72.0 Å². The second kappa shape index (κ2) is 7.58. The Morgan fingerprint density at radius 1 is 0.923 bits per heavy atom. The molecule has 0 fully saturated rings. The summed E-state index contributed by atoms with van der Waals surface area (Å²) in [6, 6.07) is 20.6. The number of fused-ring (bicyclic) bond motifs is 1. The van der Waals surface area contributed by atoms with Gasteiger partial charge in [-0.05, 0) is 17.4 Å². The van der Waals surface area contributed by atoms with Crippen LogP contribution in [0, 0.1) is 0 Å². The summed E-state index contributed by atoms with van der Waals surface area (Å²) in [6.45, 7) is 1.40. The Kier molecular flexibility index (Phi) is 4.84. The number of nitrogens with one attached hydrogen (secondary N) is 1. The molecule has 1 N–H and O–H groups in total. The molecule has 0 aliphatic carbocycles. The summed E-state index contributed by atoms with van der Waals surface area (Å²) in [5, 5.41) is 9.66. The molecule has 0 radical (unpaired) electrons. The number of rotatable bonds is 6. The van der Waals surface area contributed by atoms with E-state index in [1.807, 2.05) is 53.5 Å². The van der Waals surface area contributed by atoms with Crippen molar-refractivity contribution in [2.45, 2.75) is 18.2 Å². The maximum atomic E-state index is 4.68. The van der Waals surface area contributed by atoms with E-state index < -0.39 is 0 Å². The Hall–Kier alpha value is -2.86. The van der Waals surface area contributed by atoms with Crippen LogP contribution in [0.1, 0.15) is 11.1 Å². The third-order valence-electron chi connectivity index (χ3n) is 4.14. The van der Waals surface area contributed by atoms with Crippen molar-refractivity contribution in [2.75, 3.05) is 11.6 Å². The van der Waals surface area contributed by atoms with Crippen LogP contribution < -0.4 is 5.32 Å². The second-order valence-corrected chi connectivity index (χ2v) is 6.70. The Bertz CT molecular complexity index is 999. The molecule has 4 rings (SSSR count). The second-order valence-electron chi connectivity index (χ2n) is 5.92. The van der Waals surface area contributed by atoms with Crippen LogP contribution in [-0.2, 0) is 13.1 Å². The van der Waals surface area contributed by atoms with Gasteiger partial charge in [0.25, 0.3) is 0 Å². The molecular formula is C20H19N5S. The molecule has 0 unspecified atom stereocenters. The molecule has 5 nitrogen and oxygen atoms in total. The highest BCUT2D eigenvalue weighted by atomic mass is 32.2. The molecule has 4 aromatic rings. The van der Waals surface area contributed by atoms with E-state index in [1.165, 1.54) is 22.9 Å². The van der Waals surface area contributed by atoms with Crippen LogP contribution in [0.25, 0.3) is 11.0 Å². The van der Waals surface area contributed by atoms with Crippen molar-refractivity contribution >= 4 is 28.6 Å². The monoisotopic (exact) mass is 361 g/mol. The van der Waals surface area contributed by atoms with Gasteiger partial charge in [-0.15, -0.1) is 0 Å². The van der Waals surface area contributed by atoms with Crippen LogP contribution in [0.5, 0.6) is 0 Å². The summed E-state index contributed by atoms with van der Waals surface area (Å²) in [5.74, 6) is 0.822. The topological polar surface area (TPSA) is 55.6 Å². The average Bonchev–Trinajstić information content (AvgIpc) is 3.10. The van der Waals surface area contributed by atoms with E-state index in [2.05, 4.69) is 44.6 Å². The molecule has 2 aromatic carbocycles. The molecule has 2 aromatic heterocycles. The fourth-order valence-electron chi connectivity index (χ4n) is 2.82. The summed E-state index contributed by atoms with van der Waals surface area (Å²) < 4.78 is 1.93. The molecule has 0 saturated carbocycles. The summed E-state index contributed by atoms with van der Waals surface area (Å²) in [4.78, 5) is 9.32. The van der Waals surface area contributed by atoms with Gasteiger partial charge in [0.05, 0.1) is 18.1 Å². The van der Waals surface area contributed by atoms with Gasteiger partial charge in [0, 0.05) is 6.54 Å². The van der Waals surface area contributed by atoms with Gasteiger partial charge in [0.1, 0.15) is 5.82 Å². The lowest BCUT2D eigenvalue weighted by atomic mass is 10.2. The van der Waals surface area contributed by atoms with Crippen molar-refractivity contribution in [3.63, 3.8) is 0 Å². The largest absolute Gasteiger partial charge is 0.365 e. The molecule has 0 bridgehead atoms. The average molecular weight is 361 g/mol. The number of hydrogen-bond donors (Lipinski definition) is 1. The predicted octanol–water partition coefficient (Wildman–Crippen LogP) is 4.21. The number of thioether (sulfide) groups is 1. The first-order chi connectivity index (χ1) is 12.8. The Morgan fingerprint density at radius 3 is 2.31 bits per heavy atom. The fourth-order valence-corrected chi connectivity index (χ4v) is 3.18. The zero-order valence-corrected chi connectivity index (χ0v) is 15.3. The quantitative estimate of drug-likeness (QED) is 0.412. The molecule has 130 valence electrons. The summed E-state index contributed by atoms with van der Waals surface area (Å²) in [5.41, 5.74) is 3.26. The van der Waals surface area contributed by atoms with Crippen molar-refractivity contribution in [3.05, 3.63) is 78.0 Å². The Morgan fingerprint density at radius 2 is 1.62 bits per heavy atom. The molecule has 0 aliphatic rings. The smallest absolute Gasteiger partial charge is 0.191 e. The van der Waals surface area contributed by atoms with Gasteiger partial charge in [0.2, 0.25) is 0 Å². The van der Waals surface area contributed by atoms with Crippen LogP contribution in [-0.4, -0.2) is 26.0 Å². The van der Waals surface area contributed by atoms with Crippen LogP contribution >= 0.6 is 11.8 Å². The summed E-state index contributed by atoms with van der Waals surface area (Å²) in [7, 11) is 0. The first-order valence-corrected chi connectivity index (χ1v) is 9.65. The molecule has 2 heterocycles. The highest BCUT2D eigenvalue weighted by Crippen LogP contribution is 2.24. The lowest BCUT2D eigenvalue weighted by molar-refractivity contribution is 0.699. The van der Waals surface area contributed by atoms with E-state index in [9.17, 15) is 0 Å². The lowest BCUT2D eigenvalue weighted by Gasteiger charge is -2.09. The maximum Gasteiger partial charge on any atom is 0.191 e. The molecule has 0 amide bonds. The first kappa shape index (κ1) is 16.6. The van der Waals surface area contributed by atoms with Crippen molar-refractivity contribution in [1.82, 2.24) is 19.7 Å². The minimum Gasteiger partial charge on any atom is -0.365 e. The third kappa shape index (κ3) is 3.55. The van der Waals surface area contributed by atoms with E-state index in [1.54, 1.807) is 0 Å². The van der Waals surface area contributed by atoms with Crippen molar-refractivity contribution in [2.24, 2.45) is 0 Å². The first-order valence-electron chi connectivity index (χ1n) is 8.43. The minimum absolute atomic E-state index is 0.688. The number of aromatic nitrogens is 4. The zero-order valence-electron chi connectivity index (χ0n) is 14.5. The van der Waals surface area contributed by atoms with Gasteiger partial charge in [-0.1, -0.05) is 72.4 Å². The maximum absolute atomic E-state index is 4.68. The SMILES string of the molecule is CSc1nc(NCc2ccccc2)c2cnn(Cc3ccccc3)c2n1. The van der Waals surface area contributed by atoms with Gasteiger partial charge in [-0.2, -0.15) is 5.10 Å². The molecular weight excluding hydrogens is 342 g/mol. The molecule has 0 aliphatic heterocycles. The summed E-state index contributed by atoms with van der Waals surface area (Å²) in [6.07, 6.45) is 3.83. The lowest BCUT2D eigenvalue weighted by Crippen LogP contribution is -2.06. The molecule has 6 heteroatoms. The number of benzene rings is 2. The Labute approximate surface area is 156 Å². The van der Waals surface area contributed by atoms with E-state index >= 15 is 0 Å². The Balaban J connectivity index is 1.67. The van der Waals surface area contributed by atoms with Crippen LogP contribution in [0.4, 0.5) is 5.82 Å². The zero-order chi connectivity index (χ0) is 17.8. The van der Waals surface area contributed by atoms with Gasteiger partial charge in [-0.3, -0.25) is 0 Å². The predicted molar refractivity (Wildman–Crippen MR) is 106 cm³/mol. The number of nitrogens with zero attached hydrogens (tertiary/aromatic N) is 4. The minimum atomic E-state index is 0.688. The highest BCUT2D eigenvalue weighted by molar-refractivity contribution is 7.98. The number of anilines is 1. The van der Waals surface area contributed by atoms with Gasteiger partial charge < -0.3 is 5.32 Å². The molecule has 0 saturated heterocycles. The molecule has 26 heavy (non-hydrogen) atoms. The third-order valence-corrected chi connectivity index (χ3v) is 4.68. The standard InChI is InChI=1S/C20H19N5S/c1-26-20-23-18(21-12-15-8-4-2-5-9-15)17-13-22-25(19(17)24-20)14-16-10-6-3-7-11-16/h2-11,13H,12,14H2,1H3,(H,21,23,24). The molecule has 0 atom stereocenters. The van der Waals surface area contributed by atoms with E-state index in [0.717, 1.165) is 22.0 Å². The van der Waals surface area contributed by atoms with Crippen molar-refractivity contribution in [3.8, 4) is 0 Å². The highest BCUT2D eigenvalue weighted by Gasteiger charge is 2.13. The van der Waals surface area contributed by atoms with Gasteiger partial charge >= 0.3 is 0 Å². The van der Waals surface area contributed by atoms with Crippen LogP contribution in [0.2, 0.25) is 0 Å². The van der Waals surface area contributed by atoms with Gasteiger partial charge in [-0.25, -0.2) is 14.6 Å². The van der Waals surface area contributed by atoms with Crippen molar-refractivity contribution in [1.29, 1.82) is 0 Å². The van der Waals surface area contributed by atoms with E-state index in [4.69, 9.17) is 0 Å². The normalized spacial score (nSPS) is 11.0. The fraction of sp³-hybridized carbons (Fsp3) is 0.150. The van der Waals surface area contributed by atoms with E-state index in [0.29, 0.717) is 13.1 Å². The van der Waals surface area contributed by atoms with Gasteiger partial charge in [0.15, 0.2) is 10.8 Å². The summed E-state index contributed by atoms with van der Waals surface area (Å²) >= 11 is 1.53. The molecule has 0 spiro atoms. The van der Waals surface area contributed by atoms with Crippen molar-refractivity contribution < 1.29 is 0 Å². The van der Waals surface area contributed by atoms with E-state index in [-0.39, 0.29) is 0 Å². The number of hydrogen-bond acceptors (Lipinski definition) is 5. The van der Waals surface area contributed by atoms with Crippen LogP contribution in [0.3, 0.4) is 0 Å².